The second kappa shape index (κ2) is 11.4. The van der Waals surface area contributed by atoms with Crippen LogP contribution in [0.2, 0.25) is 5.02 Å². The molecule has 1 saturated carbocycles. The van der Waals surface area contributed by atoms with E-state index in [1.165, 1.54) is 17.0 Å². The van der Waals surface area contributed by atoms with E-state index < -0.39 is 41.1 Å². The summed E-state index contributed by atoms with van der Waals surface area (Å²) in [4.78, 5) is 27.6. The molecule has 2 heterocycles. The highest BCUT2D eigenvalue weighted by atomic mass is 35.5. The largest absolute Gasteiger partial charge is 0.490 e. The quantitative estimate of drug-likeness (QED) is 0.353. The van der Waals surface area contributed by atoms with Gasteiger partial charge in [0.05, 0.1) is 11.1 Å². The van der Waals surface area contributed by atoms with Crippen LogP contribution in [0, 0.1) is 5.82 Å². The van der Waals surface area contributed by atoms with Crippen LogP contribution in [0.15, 0.2) is 30.3 Å². The zero-order valence-corrected chi connectivity index (χ0v) is 22.9. The van der Waals surface area contributed by atoms with Gasteiger partial charge in [0, 0.05) is 37.3 Å². The molecule has 2 aromatic rings. The smallest absolute Gasteiger partial charge is 0.416 e. The van der Waals surface area contributed by atoms with Gasteiger partial charge >= 0.3 is 12.1 Å². The number of carbonyl (C=O) groups is 2. The summed E-state index contributed by atoms with van der Waals surface area (Å²) >= 11 is 6.12. The summed E-state index contributed by atoms with van der Waals surface area (Å²) in [7, 11) is 0. The SMILES string of the molecule is O=C(O)C1CCCN1C(=O)c1cc(C2CC2)c(OCC2(F)CCN(Cc3cc(C(F)(F)F)ccc3Cl)CC2)cc1F. The zero-order valence-electron chi connectivity index (χ0n) is 22.2. The number of amides is 1. The lowest BCUT2D eigenvalue weighted by Crippen LogP contribution is -2.44. The summed E-state index contributed by atoms with van der Waals surface area (Å²) in [5.74, 6) is -2.47. The van der Waals surface area contributed by atoms with Crippen LogP contribution in [0.5, 0.6) is 5.75 Å². The average molecular weight is 601 g/mol. The Morgan fingerprint density at radius 3 is 2.41 bits per heavy atom. The fourth-order valence-electron chi connectivity index (χ4n) is 5.57. The van der Waals surface area contributed by atoms with Gasteiger partial charge in [0.15, 0.2) is 0 Å². The lowest BCUT2D eigenvalue weighted by atomic mass is 9.93. The second-order valence-electron chi connectivity index (χ2n) is 11.2. The van der Waals surface area contributed by atoms with E-state index in [4.69, 9.17) is 16.3 Å². The first-order valence-electron chi connectivity index (χ1n) is 13.6. The minimum atomic E-state index is -4.49. The number of halogens is 6. The number of rotatable bonds is 8. The number of alkyl halides is 4. The van der Waals surface area contributed by atoms with E-state index in [0.29, 0.717) is 24.0 Å². The first-order chi connectivity index (χ1) is 19.3. The minimum Gasteiger partial charge on any atom is -0.490 e. The summed E-state index contributed by atoms with van der Waals surface area (Å²) in [6.45, 7) is 0.568. The molecular weight excluding hydrogens is 571 g/mol. The molecule has 3 aliphatic rings. The van der Waals surface area contributed by atoms with Crippen molar-refractivity contribution in [1.29, 1.82) is 0 Å². The summed E-state index contributed by atoms with van der Waals surface area (Å²) in [5, 5.41) is 9.62. The van der Waals surface area contributed by atoms with Crippen LogP contribution in [0.4, 0.5) is 22.0 Å². The molecule has 1 N–H and O–H groups in total. The number of benzene rings is 2. The van der Waals surface area contributed by atoms with E-state index in [9.17, 15) is 27.9 Å². The molecule has 2 saturated heterocycles. The van der Waals surface area contributed by atoms with Crippen molar-refractivity contribution in [3.8, 4) is 5.75 Å². The fourth-order valence-corrected chi connectivity index (χ4v) is 5.75. The van der Waals surface area contributed by atoms with E-state index in [2.05, 4.69) is 0 Å². The topological polar surface area (TPSA) is 70.1 Å². The van der Waals surface area contributed by atoms with Gasteiger partial charge in [-0.05, 0) is 79.8 Å². The van der Waals surface area contributed by atoms with Crippen molar-refractivity contribution in [1.82, 2.24) is 9.80 Å². The third-order valence-corrected chi connectivity index (χ3v) is 8.52. The molecular formula is C29H30ClF5N2O4. The van der Waals surface area contributed by atoms with Crippen molar-refractivity contribution in [3.63, 3.8) is 0 Å². The van der Waals surface area contributed by atoms with Crippen molar-refractivity contribution >= 4 is 23.5 Å². The van der Waals surface area contributed by atoms with Crippen LogP contribution in [0.25, 0.3) is 0 Å². The zero-order chi connectivity index (χ0) is 29.5. The Kier molecular flexibility index (Phi) is 8.22. The van der Waals surface area contributed by atoms with Gasteiger partial charge in [-0.15, -0.1) is 0 Å². The number of likely N-dealkylation sites (tertiary alicyclic amines) is 2. The molecule has 2 aliphatic heterocycles. The van der Waals surface area contributed by atoms with E-state index in [0.717, 1.165) is 31.0 Å². The van der Waals surface area contributed by atoms with Crippen LogP contribution >= 0.6 is 11.6 Å². The molecule has 0 bridgehead atoms. The van der Waals surface area contributed by atoms with Crippen molar-refractivity contribution < 1.29 is 41.4 Å². The van der Waals surface area contributed by atoms with Crippen LogP contribution < -0.4 is 4.74 Å². The van der Waals surface area contributed by atoms with Crippen molar-refractivity contribution in [2.24, 2.45) is 0 Å². The minimum absolute atomic E-state index is 0.0422. The highest BCUT2D eigenvalue weighted by Gasteiger charge is 2.39. The van der Waals surface area contributed by atoms with Gasteiger partial charge < -0.3 is 14.7 Å². The Morgan fingerprint density at radius 1 is 1.07 bits per heavy atom. The van der Waals surface area contributed by atoms with Crippen molar-refractivity contribution in [2.45, 2.75) is 68.9 Å². The summed E-state index contributed by atoms with van der Waals surface area (Å²) < 4.78 is 76.0. The maximum absolute atomic E-state index is 15.7. The summed E-state index contributed by atoms with van der Waals surface area (Å²) in [5.41, 5.74) is -1.84. The molecule has 6 nitrogen and oxygen atoms in total. The maximum Gasteiger partial charge on any atom is 0.416 e. The van der Waals surface area contributed by atoms with Gasteiger partial charge in [0.1, 0.15) is 29.9 Å². The summed E-state index contributed by atoms with van der Waals surface area (Å²) in [6, 6.07) is 4.64. The Balaban J connectivity index is 1.23. The molecule has 0 radical (unpaired) electrons. The number of aliphatic carboxylic acids is 1. The van der Waals surface area contributed by atoms with Crippen LogP contribution in [-0.4, -0.2) is 64.7 Å². The molecule has 41 heavy (non-hydrogen) atoms. The van der Waals surface area contributed by atoms with Gasteiger partial charge in [0.2, 0.25) is 0 Å². The Hall–Kier alpha value is -2.92. The first-order valence-corrected chi connectivity index (χ1v) is 14.0. The number of carboxylic acids is 1. The van der Waals surface area contributed by atoms with Gasteiger partial charge in [-0.2, -0.15) is 13.2 Å². The van der Waals surface area contributed by atoms with E-state index in [-0.39, 0.29) is 67.9 Å². The van der Waals surface area contributed by atoms with Gasteiger partial charge in [-0.25, -0.2) is 13.6 Å². The lowest BCUT2D eigenvalue weighted by Gasteiger charge is -2.36. The third-order valence-electron chi connectivity index (χ3n) is 8.15. The predicted octanol–water partition coefficient (Wildman–Crippen LogP) is 6.45. The number of hydrogen-bond donors (Lipinski definition) is 1. The molecule has 0 aromatic heterocycles. The maximum atomic E-state index is 15.7. The monoisotopic (exact) mass is 600 g/mol. The first kappa shape index (κ1) is 29.6. The third kappa shape index (κ3) is 6.61. The van der Waals surface area contributed by atoms with Crippen LogP contribution in [-0.2, 0) is 17.5 Å². The Morgan fingerprint density at radius 2 is 1.78 bits per heavy atom. The standard InChI is InChI=1S/C29H30ClF5N2O4/c30-22-6-5-19(29(33,34)35)12-18(22)15-36-10-7-28(32,8-11-36)16-41-25-14-23(31)21(13-20(25)17-3-4-17)26(38)37-9-1-2-24(37)27(39)40/h5-6,12-14,17,24H,1-4,7-11,15-16H2,(H,39,40). The van der Waals surface area contributed by atoms with Gasteiger partial charge in [0.25, 0.3) is 5.91 Å². The Bertz CT molecular complexity index is 1330. The average Bonchev–Trinajstić information content (AvgIpc) is 3.63. The molecule has 1 amide bonds. The fraction of sp³-hybridized carbons (Fsp3) is 0.517. The molecule has 1 atom stereocenters. The number of hydrogen-bond acceptors (Lipinski definition) is 4. The van der Waals surface area contributed by atoms with Crippen molar-refractivity contribution in [2.75, 3.05) is 26.2 Å². The molecule has 1 aliphatic carbocycles. The van der Waals surface area contributed by atoms with E-state index in [1.807, 2.05) is 4.90 Å². The highest BCUT2D eigenvalue weighted by Crippen LogP contribution is 2.46. The van der Waals surface area contributed by atoms with Crippen LogP contribution in [0.1, 0.15) is 71.5 Å². The molecule has 222 valence electrons. The number of piperidine rings is 1. The molecule has 5 rings (SSSR count). The molecule has 0 spiro atoms. The number of carbonyl (C=O) groups excluding carboxylic acids is 1. The number of carboxylic acid groups (broad SMARTS) is 1. The molecule has 3 fully saturated rings. The van der Waals surface area contributed by atoms with Gasteiger partial charge in [-0.1, -0.05) is 11.6 Å². The van der Waals surface area contributed by atoms with E-state index in [1.54, 1.807) is 0 Å². The normalized spacial score (nSPS) is 21.2. The summed E-state index contributed by atoms with van der Waals surface area (Å²) in [6.07, 6.45) is -1.92. The lowest BCUT2D eigenvalue weighted by molar-refractivity contribution is -0.141. The van der Waals surface area contributed by atoms with E-state index >= 15 is 8.78 Å². The predicted molar refractivity (Wildman–Crippen MR) is 140 cm³/mol. The van der Waals surface area contributed by atoms with Crippen molar-refractivity contribution in [3.05, 3.63) is 63.4 Å². The number of ether oxygens (including phenoxy) is 1. The second-order valence-corrected chi connectivity index (χ2v) is 11.6. The van der Waals surface area contributed by atoms with Gasteiger partial charge in [-0.3, -0.25) is 9.69 Å². The molecule has 2 aromatic carbocycles. The molecule has 12 heteroatoms. The molecule has 1 unspecified atom stereocenters. The Labute approximate surface area is 239 Å². The number of nitrogens with zero attached hydrogens (tertiary/aromatic N) is 2. The highest BCUT2D eigenvalue weighted by molar-refractivity contribution is 6.31. The van der Waals surface area contributed by atoms with Crippen LogP contribution in [0.3, 0.4) is 0 Å².